The SMILES string of the molecule is C=C[CH](C)[Sn]([c]1ccccc1)([c]1ccccc1)[c]1ccccc1. The molecule has 1 heteroatoms. The van der Waals surface area contributed by atoms with Gasteiger partial charge in [-0.2, -0.15) is 0 Å². The van der Waals surface area contributed by atoms with Crippen molar-refractivity contribution < 1.29 is 0 Å². The summed E-state index contributed by atoms with van der Waals surface area (Å²) < 4.78 is 4.99. The van der Waals surface area contributed by atoms with E-state index in [-0.39, 0.29) is 0 Å². The predicted octanol–water partition coefficient (Wildman–Crippen LogP) is 3.73. The van der Waals surface area contributed by atoms with E-state index in [0.29, 0.717) is 3.93 Å². The molecule has 0 aliphatic heterocycles. The summed E-state index contributed by atoms with van der Waals surface area (Å²) in [6.07, 6.45) is 2.16. The Morgan fingerprint density at radius 2 is 0.957 bits per heavy atom. The fraction of sp³-hybridized carbons (Fsp3) is 0.0909. The van der Waals surface area contributed by atoms with E-state index in [9.17, 15) is 0 Å². The van der Waals surface area contributed by atoms with Gasteiger partial charge in [0.25, 0.3) is 0 Å². The first-order valence-electron chi connectivity index (χ1n) is 8.09. The van der Waals surface area contributed by atoms with Gasteiger partial charge >= 0.3 is 144 Å². The fourth-order valence-corrected chi connectivity index (χ4v) is 18.1. The van der Waals surface area contributed by atoms with Gasteiger partial charge in [-0.3, -0.25) is 0 Å². The van der Waals surface area contributed by atoms with Gasteiger partial charge in [-0.25, -0.2) is 0 Å². The van der Waals surface area contributed by atoms with Gasteiger partial charge in [0.15, 0.2) is 0 Å². The van der Waals surface area contributed by atoms with Crippen molar-refractivity contribution in [2.75, 3.05) is 0 Å². The molecule has 0 fully saturated rings. The maximum absolute atomic E-state index is 4.16. The van der Waals surface area contributed by atoms with Crippen LogP contribution in [0.4, 0.5) is 0 Å². The van der Waals surface area contributed by atoms with Crippen molar-refractivity contribution in [2.24, 2.45) is 0 Å². The molecule has 0 aromatic heterocycles. The molecule has 23 heavy (non-hydrogen) atoms. The molecular formula is C22H22Sn. The van der Waals surface area contributed by atoms with E-state index >= 15 is 0 Å². The van der Waals surface area contributed by atoms with E-state index in [4.69, 9.17) is 0 Å². The summed E-state index contributed by atoms with van der Waals surface area (Å²) in [6.45, 7) is 6.50. The molecule has 0 aliphatic carbocycles. The molecule has 0 saturated carbocycles. The molecule has 114 valence electrons. The van der Waals surface area contributed by atoms with Crippen LogP contribution in [0.2, 0.25) is 3.93 Å². The average molecular weight is 405 g/mol. The van der Waals surface area contributed by atoms with E-state index in [0.717, 1.165) is 0 Å². The molecule has 0 N–H and O–H groups in total. The molecule has 0 spiro atoms. The Morgan fingerprint density at radius 3 is 1.22 bits per heavy atom. The Morgan fingerprint density at radius 1 is 0.652 bits per heavy atom. The van der Waals surface area contributed by atoms with Crippen molar-refractivity contribution in [1.29, 1.82) is 0 Å². The third kappa shape index (κ3) is 2.88. The van der Waals surface area contributed by atoms with E-state index < -0.39 is 18.4 Å². The van der Waals surface area contributed by atoms with Crippen molar-refractivity contribution in [1.82, 2.24) is 0 Å². The van der Waals surface area contributed by atoms with Crippen LogP contribution in [0.5, 0.6) is 0 Å². The first-order valence-corrected chi connectivity index (χ1v) is 14.0. The molecule has 0 nitrogen and oxygen atoms in total. The molecular weight excluding hydrogens is 383 g/mol. The van der Waals surface area contributed by atoms with Gasteiger partial charge in [0.1, 0.15) is 0 Å². The van der Waals surface area contributed by atoms with Crippen molar-refractivity contribution in [2.45, 2.75) is 10.9 Å². The molecule has 3 aromatic rings. The quantitative estimate of drug-likeness (QED) is 0.449. The van der Waals surface area contributed by atoms with E-state index in [1.165, 1.54) is 10.7 Å². The molecule has 1 unspecified atom stereocenters. The van der Waals surface area contributed by atoms with Gasteiger partial charge in [-0.05, 0) is 0 Å². The fourth-order valence-electron chi connectivity index (χ4n) is 3.57. The molecule has 3 rings (SSSR count). The Hall–Kier alpha value is -1.80. The summed E-state index contributed by atoms with van der Waals surface area (Å²) in [5.41, 5.74) is 0. The van der Waals surface area contributed by atoms with Crippen LogP contribution in [0.1, 0.15) is 6.92 Å². The first-order chi connectivity index (χ1) is 11.3. The van der Waals surface area contributed by atoms with E-state index in [1.54, 1.807) is 0 Å². The molecule has 0 aliphatic rings. The van der Waals surface area contributed by atoms with Gasteiger partial charge in [0.05, 0.1) is 0 Å². The third-order valence-corrected chi connectivity index (χ3v) is 19.9. The summed E-state index contributed by atoms with van der Waals surface area (Å²) in [4.78, 5) is 0. The number of rotatable bonds is 5. The number of hydrogen-bond donors (Lipinski definition) is 0. The van der Waals surface area contributed by atoms with Gasteiger partial charge in [0, 0.05) is 0 Å². The summed E-state index contributed by atoms with van der Waals surface area (Å²) in [6, 6.07) is 33.2. The van der Waals surface area contributed by atoms with E-state index in [2.05, 4.69) is 111 Å². The van der Waals surface area contributed by atoms with Crippen LogP contribution in [-0.4, -0.2) is 18.4 Å². The monoisotopic (exact) mass is 406 g/mol. The van der Waals surface area contributed by atoms with Crippen LogP contribution in [0.15, 0.2) is 104 Å². The Labute approximate surface area is 143 Å². The zero-order valence-electron chi connectivity index (χ0n) is 13.5. The second-order valence-corrected chi connectivity index (χ2v) is 18.1. The van der Waals surface area contributed by atoms with E-state index in [1.807, 2.05) is 0 Å². The van der Waals surface area contributed by atoms with Crippen LogP contribution in [0.25, 0.3) is 0 Å². The Balaban J connectivity index is 2.38. The third-order valence-electron chi connectivity index (χ3n) is 4.72. The zero-order chi connectivity index (χ0) is 16.1. The summed E-state index contributed by atoms with van der Waals surface area (Å²) in [7, 11) is 0. The van der Waals surface area contributed by atoms with Gasteiger partial charge < -0.3 is 0 Å². The predicted molar refractivity (Wildman–Crippen MR) is 104 cm³/mol. The zero-order valence-corrected chi connectivity index (χ0v) is 16.4. The minimum absolute atomic E-state index is 0.469. The molecule has 3 aromatic carbocycles. The molecule has 0 heterocycles. The van der Waals surface area contributed by atoms with Crippen molar-refractivity contribution in [3.63, 3.8) is 0 Å². The molecule has 0 saturated heterocycles. The average Bonchev–Trinajstić information content (AvgIpc) is 2.65. The topological polar surface area (TPSA) is 0 Å². The summed E-state index contributed by atoms with van der Waals surface area (Å²) in [5, 5.41) is 0. The van der Waals surface area contributed by atoms with Crippen LogP contribution in [0, 0.1) is 0 Å². The second-order valence-electron chi connectivity index (χ2n) is 5.93. The first kappa shape index (κ1) is 16.1. The number of benzene rings is 3. The normalized spacial score (nSPS) is 12.6. The number of hydrogen-bond acceptors (Lipinski definition) is 0. The van der Waals surface area contributed by atoms with Gasteiger partial charge in [0.2, 0.25) is 0 Å². The molecule has 1 atom stereocenters. The minimum atomic E-state index is -3.13. The van der Waals surface area contributed by atoms with Crippen molar-refractivity contribution in [3.05, 3.63) is 104 Å². The van der Waals surface area contributed by atoms with Gasteiger partial charge in [-0.15, -0.1) is 0 Å². The maximum atomic E-state index is 4.16. The van der Waals surface area contributed by atoms with Crippen LogP contribution in [-0.2, 0) is 0 Å². The van der Waals surface area contributed by atoms with Crippen LogP contribution < -0.4 is 10.7 Å². The van der Waals surface area contributed by atoms with Crippen molar-refractivity contribution >= 4 is 29.1 Å². The van der Waals surface area contributed by atoms with Crippen molar-refractivity contribution in [3.8, 4) is 0 Å². The Kier molecular flexibility index (Phi) is 5.02. The van der Waals surface area contributed by atoms with Crippen LogP contribution in [0.3, 0.4) is 0 Å². The standard InChI is InChI=1S/3C6H5.C4H7.Sn/c3*1-2-4-6-5-3-1;1-3-4-2;/h3*1-5H;3-4H,1H2,2H3;. The summed E-state index contributed by atoms with van der Waals surface area (Å²) >= 11 is -3.13. The van der Waals surface area contributed by atoms with Gasteiger partial charge in [-0.1, -0.05) is 0 Å². The molecule has 0 amide bonds. The summed E-state index contributed by atoms with van der Waals surface area (Å²) in [5.74, 6) is 0. The van der Waals surface area contributed by atoms with Crippen LogP contribution >= 0.6 is 0 Å². The molecule has 0 radical (unpaired) electrons. The Bertz CT molecular complexity index is 651. The second kappa shape index (κ2) is 7.18. The molecule has 0 bridgehead atoms. The number of allylic oxidation sites excluding steroid dienone is 1.